The number of Topliss-reactive ketones (excluding diaryl/α,β-unsaturated/α-hetero) is 1. The zero-order chi connectivity index (χ0) is 18.8. The number of aryl methyl sites for hydroxylation is 2. The Bertz CT molecular complexity index is 852. The van der Waals surface area contributed by atoms with Crippen molar-refractivity contribution in [1.82, 2.24) is 4.90 Å². The van der Waals surface area contributed by atoms with Crippen LogP contribution in [0.4, 0.5) is 10.5 Å². The second-order valence-electron chi connectivity index (χ2n) is 7.44. The second-order valence-corrected chi connectivity index (χ2v) is 7.44. The van der Waals surface area contributed by atoms with Gasteiger partial charge in [0.15, 0.2) is 5.78 Å². The van der Waals surface area contributed by atoms with Crippen molar-refractivity contribution in [1.29, 1.82) is 0 Å². The Kier molecular flexibility index (Phi) is 4.84. The number of rotatable bonds is 3. The van der Waals surface area contributed by atoms with Crippen LogP contribution >= 0.6 is 0 Å². The van der Waals surface area contributed by atoms with Gasteiger partial charge in [-0.05, 0) is 79.6 Å². The van der Waals surface area contributed by atoms with Gasteiger partial charge in [-0.3, -0.25) is 4.79 Å². The number of nitrogens with one attached hydrogen (secondary N) is 1. The highest BCUT2D eigenvalue weighted by atomic mass is 16.3. The van der Waals surface area contributed by atoms with Crippen molar-refractivity contribution in [3.05, 3.63) is 59.2 Å². The van der Waals surface area contributed by atoms with E-state index in [4.69, 9.17) is 0 Å². The highest BCUT2D eigenvalue weighted by Gasteiger charge is 2.28. The Labute approximate surface area is 159 Å². The van der Waals surface area contributed by atoms with Gasteiger partial charge in [0, 0.05) is 30.3 Å². The van der Waals surface area contributed by atoms with Crippen LogP contribution in [0, 0.1) is 5.92 Å². The summed E-state index contributed by atoms with van der Waals surface area (Å²) in [6.07, 6.45) is 4.74. The largest absolute Gasteiger partial charge is 0.508 e. The van der Waals surface area contributed by atoms with E-state index >= 15 is 0 Å². The summed E-state index contributed by atoms with van der Waals surface area (Å²) in [7, 11) is 0. The van der Waals surface area contributed by atoms with Gasteiger partial charge in [-0.25, -0.2) is 4.79 Å². The fourth-order valence-electron chi connectivity index (χ4n) is 4.06. The summed E-state index contributed by atoms with van der Waals surface area (Å²) in [6.45, 7) is 1.15. The molecule has 5 heteroatoms. The minimum absolute atomic E-state index is 0.0708. The summed E-state index contributed by atoms with van der Waals surface area (Å²) in [4.78, 5) is 26.9. The topological polar surface area (TPSA) is 69.6 Å². The van der Waals surface area contributed by atoms with E-state index in [-0.39, 0.29) is 23.5 Å². The van der Waals surface area contributed by atoms with Gasteiger partial charge in [0.1, 0.15) is 5.75 Å². The van der Waals surface area contributed by atoms with Crippen LogP contribution in [0.15, 0.2) is 42.5 Å². The third-order valence-electron chi connectivity index (χ3n) is 5.65. The van der Waals surface area contributed by atoms with Crippen LogP contribution in [0.3, 0.4) is 0 Å². The van der Waals surface area contributed by atoms with Crippen molar-refractivity contribution >= 4 is 17.5 Å². The van der Waals surface area contributed by atoms with E-state index < -0.39 is 0 Å². The van der Waals surface area contributed by atoms with Crippen LogP contribution < -0.4 is 5.32 Å². The molecule has 140 valence electrons. The third kappa shape index (κ3) is 3.82. The number of nitrogens with zero attached hydrogens (tertiary/aromatic N) is 1. The fraction of sp³-hybridized carbons (Fsp3) is 0.364. The number of anilines is 1. The zero-order valence-corrected chi connectivity index (χ0v) is 15.3. The first-order chi connectivity index (χ1) is 13.1. The van der Waals surface area contributed by atoms with Gasteiger partial charge in [0.05, 0.1) is 0 Å². The number of phenolic OH excluding ortho intramolecular Hbond substituents is 1. The summed E-state index contributed by atoms with van der Waals surface area (Å²) < 4.78 is 0. The average molecular weight is 364 g/mol. The molecule has 1 heterocycles. The van der Waals surface area contributed by atoms with Crippen molar-refractivity contribution in [2.45, 2.75) is 32.1 Å². The maximum absolute atomic E-state index is 12.6. The molecule has 0 unspecified atom stereocenters. The van der Waals surface area contributed by atoms with E-state index in [0.29, 0.717) is 31.5 Å². The highest BCUT2D eigenvalue weighted by molar-refractivity contribution is 5.98. The van der Waals surface area contributed by atoms with Gasteiger partial charge in [-0.2, -0.15) is 0 Å². The SMILES string of the molecule is O=C(c1ccc(O)cc1)C1CCN(C(=O)Nc2ccc3c(c2)CCC3)CC1. The average Bonchev–Trinajstić information content (AvgIpc) is 3.16. The van der Waals surface area contributed by atoms with Crippen LogP contribution in [-0.2, 0) is 12.8 Å². The Morgan fingerprint density at radius 1 is 0.963 bits per heavy atom. The molecule has 1 aliphatic heterocycles. The number of ketones is 1. The van der Waals surface area contributed by atoms with E-state index in [9.17, 15) is 14.7 Å². The quantitative estimate of drug-likeness (QED) is 0.809. The Morgan fingerprint density at radius 3 is 2.41 bits per heavy atom. The molecule has 0 saturated carbocycles. The smallest absolute Gasteiger partial charge is 0.321 e. The lowest BCUT2D eigenvalue weighted by Gasteiger charge is -2.31. The van der Waals surface area contributed by atoms with Crippen molar-refractivity contribution in [2.75, 3.05) is 18.4 Å². The molecule has 0 aromatic heterocycles. The number of amides is 2. The van der Waals surface area contributed by atoms with E-state index in [0.717, 1.165) is 18.5 Å². The number of aromatic hydroxyl groups is 1. The molecule has 2 amide bonds. The molecule has 0 radical (unpaired) electrons. The number of hydrogen-bond acceptors (Lipinski definition) is 3. The number of piperidine rings is 1. The molecule has 2 aromatic rings. The lowest BCUT2D eigenvalue weighted by Crippen LogP contribution is -2.42. The molecule has 2 aromatic carbocycles. The van der Waals surface area contributed by atoms with Crippen LogP contribution in [0.25, 0.3) is 0 Å². The number of hydrogen-bond donors (Lipinski definition) is 2. The molecule has 1 saturated heterocycles. The van der Waals surface area contributed by atoms with Crippen molar-refractivity contribution < 1.29 is 14.7 Å². The normalized spacial score (nSPS) is 16.8. The maximum atomic E-state index is 12.6. The number of carbonyl (C=O) groups excluding carboxylic acids is 2. The highest BCUT2D eigenvalue weighted by Crippen LogP contribution is 2.26. The van der Waals surface area contributed by atoms with Crippen LogP contribution in [0.2, 0.25) is 0 Å². The van der Waals surface area contributed by atoms with Gasteiger partial charge < -0.3 is 15.3 Å². The summed E-state index contributed by atoms with van der Waals surface area (Å²) in [5.41, 5.74) is 4.20. The molecule has 1 fully saturated rings. The first-order valence-corrected chi connectivity index (χ1v) is 9.61. The first-order valence-electron chi connectivity index (χ1n) is 9.61. The number of phenols is 1. The molecular weight excluding hydrogens is 340 g/mol. The minimum Gasteiger partial charge on any atom is -0.508 e. The fourth-order valence-corrected chi connectivity index (χ4v) is 4.06. The van der Waals surface area contributed by atoms with E-state index in [1.807, 2.05) is 6.07 Å². The van der Waals surface area contributed by atoms with Crippen molar-refractivity contribution in [3.63, 3.8) is 0 Å². The molecule has 0 atom stereocenters. The Morgan fingerprint density at radius 2 is 1.67 bits per heavy atom. The van der Waals surface area contributed by atoms with Crippen molar-refractivity contribution in [2.24, 2.45) is 5.92 Å². The van der Waals surface area contributed by atoms with Gasteiger partial charge in [-0.1, -0.05) is 6.07 Å². The lowest BCUT2D eigenvalue weighted by atomic mass is 9.89. The van der Waals surface area contributed by atoms with Gasteiger partial charge in [0.25, 0.3) is 0 Å². The molecule has 0 spiro atoms. The predicted octanol–water partition coefficient (Wildman–Crippen LogP) is 4.01. The molecule has 2 N–H and O–H groups in total. The van der Waals surface area contributed by atoms with Crippen LogP contribution in [0.1, 0.15) is 40.7 Å². The third-order valence-corrected chi connectivity index (χ3v) is 5.65. The predicted molar refractivity (Wildman–Crippen MR) is 104 cm³/mol. The lowest BCUT2D eigenvalue weighted by molar-refractivity contribution is 0.0859. The molecule has 1 aliphatic carbocycles. The summed E-state index contributed by atoms with van der Waals surface area (Å²) in [5, 5.41) is 12.4. The standard InChI is InChI=1S/C22H24N2O3/c25-20-8-5-16(6-9-20)21(26)17-10-12-24(13-11-17)22(27)23-19-7-4-15-2-1-3-18(15)14-19/h4-9,14,17,25H,1-3,10-13H2,(H,23,27). The Balaban J connectivity index is 1.32. The van der Waals surface area contributed by atoms with Gasteiger partial charge in [-0.15, -0.1) is 0 Å². The number of benzene rings is 2. The molecule has 2 aliphatic rings. The molecular formula is C22H24N2O3. The number of fused-ring (bicyclic) bond motifs is 1. The number of urea groups is 1. The number of carbonyl (C=O) groups is 2. The zero-order valence-electron chi connectivity index (χ0n) is 15.3. The van der Waals surface area contributed by atoms with E-state index in [1.165, 1.54) is 29.7 Å². The van der Waals surface area contributed by atoms with Gasteiger partial charge in [0.2, 0.25) is 0 Å². The molecule has 27 heavy (non-hydrogen) atoms. The molecule has 5 nitrogen and oxygen atoms in total. The summed E-state index contributed by atoms with van der Waals surface area (Å²) in [6, 6.07) is 12.5. The van der Waals surface area contributed by atoms with Crippen LogP contribution in [0.5, 0.6) is 5.75 Å². The maximum Gasteiger partial charge on any atom is 0.321 e. The second kappa shape index (κ2) is 7.43. The summed E-state index contributed by atoms with van der Waals surface area (Å²) >= 11 is 0. The molecule has 0 bridgehead atoms. The van der Waals surface area contributed by atoms with Gasteiger partial charge >= 0.3 is 6.03 Å². The Hall–Kier alpha value is -2.82. The van der Waals surface area contributed by atoms with Crippen molar-refractivity contribution in [3.8, 4) is 5.75 Å². The first kappa shape index (κ1) is 17.6. The molecule has 4 rings (SSSR count). The van der Waals surface area contributed by atoms with E-state index in [2.05, 4.69) is 17.4 Å². The number of likely N-dealkylation sites (tertiary alicyclic amines) is 1. The van der Waals surface area contributed by atoms with E-state index in [1.54, 1.807) is 17.0 Å². The van der Waals surface area contributed by atoms with Crippen LogP contribution in [-0.4, -0.2) is 34.9 Å². The monoisotopic (exact) mass is 364 g/mol. The minimum atomic E-state index is -0.0940. The summed E-state index contributed by atoms with van der Waals surface area (Å²) in [5.74, 6) is 0.178.